The monoisotopic (exact) mass is 438 g/mol. The second kappa shape index (κ2) is 7.52. The molecule has 3 N–H and O–H groups in total. The molecule has 2 aliphatic rings. The average molecular weight is 438 g/mol. The van der Waals surface area contributed by atoms with Gasteiger partial charge in [0.25, 0.3) is 0 Å². The molecule has 3 atom stereocenters. The summed E-state index contributed by atoms with van der Waals surface area (Å²) in [6.45, 7) is 1.43. The van der Waals surface area contributed by atoms with Crippen LogP contribution in [0.1, 0.15) is 16.8 Å². The molecule has 7 nitrogen and oxygen atoms in total. The van der Waals surface area contributed by atoms with Crippen LogP contribution >= 0.6 is 0 Å². The first-order valence-corrected chi connectivity index (χ1v) is 10.3. The molecule has 0 spiro atoms. The van der Waals surface area contributed by atoms with Crippen molar-refractivity contribution >= 4 is 22.8 Å². The standard InChI is InChI=1S/C23H20F2N4O3/c24-13-4-6-19(17(25)8-13)29-11-16(23(31)32)21(30)14-5-7-20(27-22(14)29)28-9-12-2-1-3-18(26)15(12)10-28/h1,3-8,11-12,15,18H,2,9-10,26H2,(H,31,32). The van der Waals surface area contributed by atoms with E-state index in [1.165, 1.54) is 16.7 Å². The minimum Gasteiger partial charge on any atom is -0.477 e. The predicted octanol–water partition coefficient (Wildman–Crippen LogP) is 2.70. The fourth-order valence-electron chi connectivity index (χ4n) is 4.70. The summed E-state index contributed by atoms with van der Waals surface area (Å²) >= 11 is 0. The van der Waals surface area contributed by atoms with E-state index < -0.39 is 28.6 Å². The molecule has 164 valence electrons. The summed E-state index contributed by atoms with van der Waals surface area (Å²) in [7, 11) is 0. The maximum Gasteiger partial charge on any atom is 0.341 e. The molecular formula is C23H20F2N4O3. The predicted molar refractivity (Wildman–Crippen MR) is 115 cm³/mol. The fourth-order valence-corrected chi connectivity index (χ4v) is 4.70. The van der Waals surface area contributed by atoms with Gasteiger partial charge in [-0.25, -0.2) is 18.6 Å². The van der Waals surface area contributed by atoms with E-state index in [4.69, 9.17) is 5.73 Å². The number of nitrogens with zero attached hydrogens (tertiary/aromatic N) is 3. The lowest BCUT2D eigenvalue weighted by molar-refractivity contribution is 0.0695. The van der Waals surface area contributed by atoms with E-state index in [1.54, 1.807) is 6.07 Å². The molecule has 1 saturated heterocycles. The van der Waals surface area contributed by atoms with E-state index in [-0.39, 0.29) is 28.7 Å². The van der Waals surface area contributed by atoms with Crippen LogP contribution in [0, 0.1) is 23.5 Å². The van der Waals surface area contributed by atoms with Gasteiger partial charge in [0, 0.05) is 31.4 Å². The molecule has 0 amide bonds. The third kappa shape index (κ3) is 3.25. The minimum absolute atomic E-state index is 0.0346. The molecule has 1 fully saturated rings. The van der Waals surface area contributed by atoms with Crippen molar-refractivity contribution in [3.8, 4) is 5.69 Å². The Bertz CT molecular complexity index is 1340. The van der Waals surface area contributed by atoms with Gasteiger partial charge in [-0.3, -0.25) is 9.36 Å². The van der Waals surface area contributed by atoms with Crippen molar-refractivity contribution < 1.29 is 18.7 Å². The largest absolute Gasteiger partial charge is 0.477 e. The topological polar surface area (TPSA) is 101 Å². The highest BCUT2D eigenvalue weighted by Gasteiger charge is 2.37. The number of pyridine rings is 2. The van der Waals surface area contributed by atoms with Gasteiger partial charge in [0.15, 0.2) is 5.65 Å². The molecule has 1 aliphatic carbocycles. The Balaban J connectivity index is 1.67. The maximum absolute atomic E-state index is 14.6. The number of carboxylic acids is 1. The van der Waals surface area contributed by atoms with Crippen LogP contribution in [-0.4, -0.2) is 39.8 Å². The van der Waals surface area contributed by atoms with Gasteiger partial charge in [0.2, 0.25) is 5.43 Å². The molecule has 32 heavy (non-hydrogen) atoms. The smallest absolute Gasteiger partial charge is 0.341 e. The number of anilines is 1. The Hall–Kier alpha value is -3.59. The molecule has 0 radical (unpaired) electrons. The summed E-state index contributed by atoms with van der Waals surface area (Å²) in [5.74, 6) is -1.86. The van der Waals surface area contributed by atoms with Crippen LogP contribution in [0.5, 0.6) is 0 Å². The lowest BCUT2D eigenvalue weighted by Crippen LogP contribution is -2.35. The third-order valence-electron chi connectivity index (χ3n) is 6.34. The summed E-state index contributed by atoms with van der Waals surface area (Å²) in [5.41, 5.74) is 4.98. The Morgan fingerprint density at radius 3 is 2.72 bits per heavy atom. The van der Waals surface area contributed by atoms with E-state index in [2.05, 4.69) is 16.0 Å². The first kappa shape index (κ1) is 20.3. The number of allylic oxidation sites excluding steroid dienone is 1. The van der Waals surface area contributed by atoms with E-state index in [0.29, 0.717) is 24.3 Å². The Morgan fingerprint density at radius 1 is 1.19 bits per heavy atom. The van der Waals surface area contributed by atoms with Crippen LogP contribution in [0.25, 0.3) is 16.7 Å². The Morgan fingerprint density at radius 2 is 2.00 bits per heavy atom. The average Bonchev–Trinajstić information content (AvgIpc) is 3.20. The zero-order valence-electron chi connectivity index (χ0n) is 16.9. The number of aromatic carboxylic acids is 1. The molecular weight excluding hydrogens is 418 g/mol. The zero-order valence-corrected chi connectivity index (χ0v) is 16.9. The zero-order chi connectivity index (χ0) is 22.6. The molecule has 0 saturated carbocycles. The molecule has 0 bridgehead atoms. The quantitative estimate of drug-likeness (QED) is 0.610. The van der Waals surface area contributed by atoms with Gasteiger partial charge in [-0.1, -0.05) is 12.2 Å². The van der Waals surface area contributed by atoms with Gasteiger partial charge in [-0.05, 0) is 42.5 Å². The summed E-state index contributed by atoms with van der Waals surface area (Å²) in [4.78, 5) is 31.1. The van der Waals surface area contributed by atoms with E-state index >= 15 is 0 Å². The summed E-state index contributed by atoms with van der Waals surface area (Å²) in [6, 6.07) is 6.07. The highest BCUT2D eigenvalue weighted by atomic mass is 19.1. The number of halogens is 2. The molecule has 9 heteroatoms. The molecule has 1 aromatic carbocycles. The van der Waals surface area contributed by atoms with Crippen molar-refractivity contribution in [1.29, 1.82) is 0 Å². The number of fused-ring (bicyclic) bond motifs is 2. The van der Waals surface area contributed by atoms with Crippen LogP contribution in [0.3, 0.4) is 0 Å². The number of nitrogens with two attached hydrogens (primary N) is 1. The molecule has 2 aromatic heterocycles. The fraction of sp³-hybridized carbons (Fsp3) is 0.261. The SMILES string of the molecule is NC1C=CCC2CN(c3ccc4c(=O)c(C(=O)O)cn(-c5ccc(F)cc5F)c4n3)CC12. The van der Waals surface area contributed by atoms with Gasteiger partial charge < -0.3 is 15.7 Å². The van der Waals surface area contributed by atoms with E-state index in [9.17, 15) is 23.5 Å². The number of carbonyl (C=O) groups is 1. The van der Waals surface area contributed by atoms with Gasteiger partial charge in [-0.15, -0.1) is 0 Å². The summed E-state index contributed by atoms with van der Waals surface area (Å²) in [6.07, 6.45) is 6.06. The maximum atomic E-state index is 14.6. The molecule has 3 heterocycles. The van der Waals surface area contributed by atoms with Crippen molar-refractivity contribution in [2.75, 3.05) is 18.0 Å². The van der Waals surface area contributed by atoms with Crippen molar-refractivity contribution in [1.82, 2.24) is 9.55 Å². The second-order valence-corrected chi connectivity index (χ2v) is 8.25. The third-order valence-corrected chi connectivity index (χ3v) is 6.34. The van der Waals surface area contributed by atoms with Crippen molar-refractivity contribution in [3.05, 3.63) is 76.1 Å². The highest BCUT2D eigenvalue weighted by Crippen LogP contribution is 2.35. The second-order valence-electron chi connectivity index (χ2n) is 8.25. The molecule has 1 aliphatic heterocycles. The summed E-state index contributed by atoms with van der Waals surface area (Å²) in [5, 5.41) is 9.50. The Labute approximate surface area is 181 Å². The molecule has 5 rings (SSSR count). The van der Waals surface area contributed by atoms with Gasteiger partial charge in [0.05, 0.1) is 11.1 Å². The van der Waals surface area contributed by atoms with Crippen molar-refractivity contribution in [2.45, 2.75) is 12.5 Å². The molecule has 3 unspecified atom stereocenters. The number of hydrogen-bond donors (Lipinski definition) is 2. The first-order chi connectivity index (χ1) is 15.3. The molecule has 3 aromatic rings. The normalized spacial score (nSPS) is 22.3. The minimum atomic E-state index is -1.44. The number of aromatic nitrogens is 2. The van der Waals surface area contributed by atoms with E-state index in [0.717, 1.165) is 25.2 Å². The first-order valence-electron chi connectivity index (χ1n) is 10.3. The van der Waals surface area contributed by atoms with Gasteiger partial charge in [-0.2, -0.15) is 0 Å². The van der Waals surface area contributed by atoms with Crippen LogP contribution in [0.15, 0.2) is 53.5 Å². The van der Waals surface area contributed by atoms with Crippen LogP contribution in [0.4, 0.5) is 14.6 Å². The number of rotatable bonds is 3. The van der Waals surface area contributed by atoms with Crippen LogP contribution in [-0.2, 0) is 0 Å². The Kier molecular flexibility index (Phi) is 4.78. The van der Waals surface area contributed by atoms with Gasteiger partial charge >= 0.3 is 5.97 Å². The lowest BCUT2D eigenvalue weighted by atomic mass is 9.83. The number of benzene rings is 1. The van der Waals surface area contributed by atoms with Crippen LogP contribution in [0.2, 0.25) is 0 Å². The number of carboxylic acid groups (broad SMARTS) is 1. The highest BCUT2D eigenvalue weighted by molar-refractivity contribution is 5.92. The summed E-state index contributed by atoms with van der Waals surface area (Å²) < 4.78 is 29.3. The van der Waals surface area contributed by atoms with Crippen molar-refractivity contribution in [2.24, 2.45) is 17.6 Å². The number of hydrogen-bond acceptors (Lipinski definition) is 5. The lowest BCUT2D eigenvalue weighted by Gasteiger charge is -2.25. The van der Waals surface area contributed by atoms with Crippen molar-refractivity contribution in [3.63, 3.8) is 0 Å². The van der Waals surface area contributed by atoms with E-state index in [1.807, 2.05) is 6.08 Å². The van der Waals surface area contributed by atoms with Crippen LogP contribution < -0.4 is 16.1 Å². The van der Waals surface area contributed by atoms with Gasteiger partial charge in [0.1, 0.15) is 23.0 Å².